The summed E-state index contributed by atoms with van der Waals surface area (Å²) in [6.07, 6.45) is 7.38. The summed E-state index contributed by atoms with van der Waals surface area (Å²) < 4.78 is 0. The number of H-pyrrole nitrogens is 5. The molecule has 228 valence electrons. The van der Waals surface area contributed by atoms with E-state index in [4.69, 9.17) is 38.8 Å². The van der Waals surface area contributed by atoms with Gasteiger partial charge in [0.05, 0.1) is 40.5 Å². The molecule has 8 aromatic rings. The van der Waals surface area contributed by atoms with Gasteiger partial charge in [0.15, 0.2) is 0 Å². The molecule has 0 saturated heterocycles. The normalized spacial score (nSPS) is 10.3. The van der Waals surface area contributed by atoms with Gasteiger partial charge in [0, 0.05) is 16.2 Å². The van der Waals surface area contributed by atoms with Crippen molar-refractivity contribution in [1.82, 2.24) is 35.7 Å². The average molecular weight is 749 g/mol. The molecule has 4 aromatic carbocycles. The first-order valence-electron chi connectivity index (χ1n) is 12.0. The van der Waals surface area contributed by atoms with E-state index in [1.165, 1.54) is 5.39 Å². The van der Waals surface area contributed by atoms with Crippen molar-refractivity contribution < 1.29 is 15.9 Å². The first kappa shape index (κ1) is 35.7. The molecule has 0 aliphatic carbocycles. The molecule has 0 unspecified atom stereocenters. The number of para-hydroxylation sites is 4. The summed E-state index contributed by atoms with van der Waals surface area (Å²) in [4.78, 5) is 0. The predicted octanol–water partition coefficient (Wildman–Crippen LogP) is 9.70. The van der Waals surface area contributed by atoms with E-state index >= 15 is 0 Å². The molecule has 0 fully saturated rings. The molecule has 8 nitrogen and oxygen atoms in total. The Balaban J connectivity index is 0.000000188. The molecule has 0 atom stereocenters. The summed E-state index contributed by atoms with van der Waals surface area (Å²) in [6.45, 7) is 0. The van der Waals surface area contributed by atoms with E-state index in [1.807, 2.05) is 116 Å². The monoisotopic (exact) mass is 747 g/mol. The molecule has 0 aliphatic heterocycles. The van der Waals surface area contributed by atoms with Crippen molar-refractivity contribution in [3.05, 3.63) is 122 Å². The SMILES string of the molecule is C.C.[Cl][Ru]([Cl])([Cl])[Cl].c1ccc2[nH][nH+]cc2c1.c1ccc2[nH]ncc2c1.c1ccc2[nH]ncc2c1.c1ccc2[nH]ncc2c1. The van der Waals surface area contributed by atoms with Crippen LogP contribution in [0.15, 0.2) is 122 Å². The Hall–Kier alpha value is -3.46. The molecule has 43 heavy (non-hydrogen) atoms. The van der Waals surface area contributed by atoms with Gasteiger partial charge in [0.2, 0.25) is 6.20 Å². The molecule has 0 amide bonds. The van der Waals surface area contributed by atoms with Gasteiger partial charge in [-0.05, 0) is 30.3 Å². The van der Waals surface area contributed by atoms with E-state index < -0.39 is 10.8 Å². The zero-order valence-corrected chi connectivity index (χ0v) is 26.0. The van der Waals surface area contributed by atoms with Gasteiger partial charge >= 0.3 is 49.6 Å². The number of aromatic nitrogens is 8. The summed E-state index contributed by atoms with van der Waals surface area (Å²) in [7, 11) is 17.0. The fourth-order valence-corrected chi connectivity index (χ4v) is 3.58. The smallest absolute Gasteiger partial charge is 0.200 e. The zero-order chi connectivity index (χ0) is 28.9. The Kier molecular flexibility index (Phi) is 15.2. The van der Waals surface area contributed by atoms with Crippen LogP contribution in [0.4, 0.5) is 0 Å². The number of benzene rings is 4. The van der Waals surface area contributed by atoms with Crippen molar-refractivity contribution in [3.8, 4) is 0 Å². The van der Waals surface area contributed by atoms with Gasteiger partial charge in [0.1, 0.15) is 5.52 Å². The largest absolute Gasteiger partial charge is 0.278 e. The number of aromatic amines is 5. The van der Waals surface area contributed by atoms with Crippen LogP contribution in [-0.4, -0.2) is 35.7 Å². The Labute approximate surface area is 269 Å². The Morgan fingerprint density at radius 3 is 1.09 bits per heavy atom. The Morgan fingerprint density at radius 1 is 0.465 bits per heavy atom. The van der Waals surface area contributed by atoms with Crippen molar-refractivity contribution in [1.29, 1.82) is 0 Å². The predicted molar refractivity (Wildman–Crippen MR) is 180 cm³/mol. The van der Waals surface area contributed by atoms with Crippen LogP contribution >= 0.6 is 38.8 Å². The van der Waals surface area contributed by atoms with Gasteiger partial charge in [-0.15, -0.1) is 5.10 Å². The van der Waals surface area contributed by atoms with Crippen LogP contribution in [-0.2, 0) is 10.8 Å². The second-order valence-corrected chi connectivity index (χ2v) is 24.0. The van der Waals surface area contributed by atoms with Gasteiger partial charge in [0.25, 0.3) is 0 Å². The molecule has 4 aromatic heterocycles. The quantitative estimate of drug-likeness (QED) is 0.116. The number of rotatable bonds is 0. The summed E-state index contributed by atoms with van der Waals surface area (Å²) in [5, 5.41) is 30.9. The standard InChI is InChI=1S/4C7H6N2.2CH4.4ClH.Ru/c4*1-2-4-7-6(3-1)5-8-9-7;;;;;;;/h4*1-5H,(H,8,9);2*1H4;4*1H;/q;;;;;;;;;;+4/p-3. The molecule has 5 N–H and O–H groups in total. The maximum Gasteiger partial charge on any atom is 0.200 e. The molecular formula is C30H33Cl4N8Ru+. The van der Waals surface area contributed by atoms with Crippen LogP contribution in [0, 0.1) is 0 Å². The second-order valence-electron chi connectivity index (χ2n) is 8.18. The summed E-state index contributed by atoms with van der Waals surface area (Å²) >= 11 is 0. The summed E-state index contributed by atoms with van der Waals surface area (Å²) in [5.41, 5.74) is 4.44. The molecular weight excluding hydrogens is 715 g/mol. The molecule has 4 heterocycles. The molecule has 0 saturated carbocycles. The molecule has 8 rings (SSSR count). The van der Waals surface area contributed by atoms with Gasteiger partial charge < -0.3 is 0 Å². The first-order chi connectivity index (χ1) is 19.9. The molecule has 13 heteroatoms. The topological polar surface area (TPSA) is 116 Å². The number of nitrogens with one attached hydrogen (secondary N) is 5. The summed E-state index contributed by atoms with van der Waals surface area (Å²) in [5.74, 6) is 0. The van der Waals surface area contributed by atoms with Crippen LogP contribution in [0.3, 0.4) is 0 Å². The van der Waals surface area contributed by atoms with Crippen LogP contribution in [0.2, 0.25) is 0 Å². The van der Waals surface area contributed by atoms with Crippen molar-refractivity contribution in [2.24, 2.45) is 0 Å². The van der Waals surface area contributed by atoms with Crippen molar-refractivity contribution in [2.75, 3.05) is 0 Å². The minimum Gasteiger partial charge on any atom is -0.278 e. The van der Waals surface area contributed by atoms with Crippen LogP contribution in [0.5, 0.6) is 0 Å². The third-order valence-electron chi connectivity index (χ3n) is 5.44. The third-order valence-corrected chi connectivity index (χ3v) is 5.44. The average Bonchev–Trinajstić information content (AvgIpc) is 3.79. The number of fused-ring (bicyclic) bond motifs is 4. The number of hydrogen-bond donors (Lipinski definition) is 4. The van der Waals surface area contributed by atoms with Gasteiger partial charge in [-0.1, -0.05) is 81.6 Å². The molecule has 0 radical (unpaired) electrons. The zero-order valence-electron chi connectivity index (χ0n) is 21.3. The van der Waals surface area contributed by atoms with E-state index in [2.05, 4.69) is 46.9 Å². The number of hydrogen-bond acceptors (Lipinski definition) is 3. The fraction of sp³-hybridized carbons (Fsp3) is 0.0667. The van der Waals surface area contributed by atoms with Crippen LogP contribution < -0.4 is 5.10 Å². The maximum absolute atomic E-state index is 5.00. The molecule has 0 bridgehead atoms. The summed E-state index contributed by atoms with van der Waals surface area (Å²) in [6, 6.07) is 32.2. The van der Waals surface area contributed by atoms with Gasteiger partial charge in [-0.3, -0.25) is 15.3 Å². The molecule has 0 spiro atoms. The second kappa shape index (κ2) is 18.3. The minimum absolute atomic E-state index is 0. The fourth-order valence-electron chi connectivity index (χ4n) is 3.58. The Morgan fingerprint density at radius 2 is 0.767 bits per heavy atom. The van der Waals surface area contributed by atoms with E-state index in [0.29, 0.717) is 0 Å². The number of halogens is 4. The van der Waals surface area contributed by atoms with Crippen molar-refractivity contribution >= 4 is 82.4 Å². The van der Waals surface area contributed by atoms with Crippen molar-refractivity contribution in [2.45, 2.75) is 14.9 Å². The van der Waals surface area contributed by atoms with Gasteiger partial charge in [-0.25, -0.2) is 0 Å². The number of nitrogens with zero attached hydrogens (tertiary/aromatic N) is 3. The minimum atomic E-state index is -2.97. The molecule has 0 aliphatic rings. The van der Waals surface area contributed by atoms with E-state index in [9.17, 15) is 0 Å². The van der Waals surface area contributed by atoms with Crippen LogP contribution in [0.25, 0.3) is 43.6 Å². The third kappa shape index (κ3) is 12.4. The van der Waals surface area contributed by atoms with E-state index in [1.54, 1.807) is 0 Å². The Bertz CT molecular complexity index is 1500. The first-order valence-corrected chi connectivity index (χ1v) is 20.9. The maximum atomic E-state index is 5.00. The van der Waals surface area contributed by atoms with E-state index in [0.717, 1.165) is 38.2 Å². The van der Waals surface area contributed by atoms with Crippen LogP contribution in [0.1, 0.15) is 14.9 Å². The van der Waals surface area contributed by atoms with Gasteiger partial charge in [-0.2, -0.15) is 20.4 Å². The van der Waals surface area contributed by atoms with Crippen molar-refractivity contribution in [3.63, 3.8) is 0 Å². The van der Waals surface area contributed by atoms with E-state index in [-0.39, 0.29) is 14.9 Å².